The van der Waals surface area contributed by atoms with Crippen LogP contribution in [0, 0.1) is 5.92 Å². The molecule has 3 heterocycles. The van der Waals surface area contributed by atoms with Gasteiger partial charge in [-0.15, -0.1) is 0 Å². The average Bonchev–Trinajstić information content (AvgIpc) is 3.43. The molecule has 1 atom stereocenters. The molecule has 238 valence electrons. The molecular formula is C36H50N4O4. The van der Waals surface area contributed by atoms with Crippen LogP contribution in [0.3, 0.4) is 0 Å². The van der Waals surface area contributed by atoms with E-state index >= 15 is 0 Å². The number of aromatic amines is 1. The van der Waals surface area contributed by atoms with Crippen LogP contribution in [0.15, 0.2) is 36.4 Å². The molecule has 0 unspecified atom stereocenters. The van der Waals surface area contributed by atoms with Gasteiger partial charge in [-0.05, 0) is 99.4 Å². The lowest BCUT2D eigenvalue weighted by Crippen LogP contribution is -2.49. The highest BCUT2D eigenvalue weighted by atomic mass is 16.5. The number of benzene rings is 2. The lowest BCUT2D eigenvalue weighted by Gasteiger charge is -2.37. The first-order valence-corrected chi connectivity index (χ1v) is 16.3. The summed E-state index contributed by atoms with van der Waals surface area (Å²) in [6.45, 7) is 12.1. The molecule has 2 fully saturated rings. The van der Waals surface area contributed by atoms with E-state index in [0.717, 1.165) is 67.8 Å². The van der Waals surface area contributed by atoms with Gasteiger partial charge in [0.15, 0.2) is 11.5 Å². The quantitative estimate of drug-likeness (QED) is 0.313. The zero-order valence-corrected chi connectivity index (χ0v) is 27.6. The van der Waals surface area contributed by atoms with Gasteiger partial charge >= 0.3 is 0 Å². The van der Waals surface area contributed by atoms with Crippen LogP contribution >= 0.6 is 0 Å². The van der Waals surface area contributed by atoms with Crippen LogP contribution in [-0.2, 0) is 9.59 Å². The molecule has 0 aliphatic carbocycles. The summed E-state index contributed by atoms with van der Waals surface area (Å²) in [7, 11) is 5.21. The number of piperidine rings is 2. The number of hydrogen-bond acceptors (Lipinski definition) is 5. The molecule has 8 heteroatoms. The highest BCUT2D eigenvalue weighted by molar-refractivity contribution is 5.92. The Balaban J connectivity index is 1.25. The molecule has 0 spiro atoms. The Hall–Kier alpha value is -3.52. The first kappa shape index (κ1) is 31.9. The van der Waals surface area contributed by atoms with Crippen molar-refractivity contribution in [2.45, 2.75) is 71.3 Å². The van der Waals surface area contributed by atoms with Crippen molar-refractivity contribution in [3.05, 3.63) is 47.5 Å². The summed E-state index contributed by atoms with van der Waals surface area (Å²) >= 11 is 0. The summed E-state index contributed by atoms with van der Waals surface area (Å²) in [5.74, 6) is 2.57. The van der Waals surface area contributed by atoms with Crippen LogP contribution in [0.1, 0.15) is 76.3 Å². The van der Waals surface area contributed by atoms with Crippen molar-refractivity contribution < 1.29 is 19.1 Å². The molecule has 0 saturated carbocycles. The fourth-order valence-electron chi connectivity index (χ4n) is 7.00. The highest BCUT2D eigenvalue weighted by Crippen LogP contribution is 2.40. The van der Waals surface area contributed by atoms with Gasteiger partial charge in [0.05, 0.1) is 32.4 Å². The molecule has 2 aromatic carbocycles. The molecule has 2 aliphatic rings. The molecular weight excluding hydrogens is 552 g/mol. The van der Waals surface area contributed by atoms with Crippen molar-refractivity contribution in [1.82, 2.24) is 19.7 Å². The van der Waals surface area contributed by atoms with Crippen molar-refractivity contribution in [2.24, 2.45) is 5.92 Å². The lowest BCUT2D eigenvalue weighted by molar-refractivity contribution is -0.140. The predicted octanol–water partition coefficient (Wildman–Crippen LogP) is 6.26. The molecule has 5 rings (SSSR count). The molecule has 0 bridgehead atoms. The number of rotatable bonds is 9. The fraction of sp³-hybridized carbons (Fsp3) is 0.556. The largest absolute Gasteiger partial charge is 0.493 e. The number of amides is 2. The van der Waals surface area contributed by atoms with Crippen molar-refractivity contribution in [3.63, 3.8) is 0 Å². The Labute approximate surface area is 262 Å². The minimum absolute atomic E-state index is 0.0129. The maximum atomic E-state index is 13.3. The van der Waals surface area contributed by atoms with Gasteiger partial charge in [0, 0.05) is 49.2 Å². The Kier molecular flexibility index (Phi) is 9.88. The number of likely N-dealkylation sites (tertiary alicyclic amines) is 2. The van der Waals surface area contributed by atoms with Gasteiger partial charge in [-0.2, -0.15) is 0 Å². The number of methoxy groups -OCH3 is 2. The monoisotopic (exact) mass is 602 g/mol. The zero-order valence-electron chi connectivity index (χ0n) is 27.6. The number of carbonyl (C=O) groups is 2. The SMILES string of the molecule is COc1ccc(-c2[nH]c3ccc(C4CCN(C(=O)CN5CCC[C@H](C(=O)N(C)C(C)C)C5)CC4)cc3c2C(C)C)cc1OC. The summed E-state index contributed by atoms with van der Waals surface area (Å²) in [6, 6.07) is 13.1. The Morgan fingerprint density at radius 3 is 2.34 bits per heavy atom. The van der Waals surface area contributed by atoms with Crippen LogP contribution in [0.2, 0.25) is 0 Å². The average molecular weight is 603 g/mol. The number of hydrogen-bond donors (Lipinski definition) is 1. The molecule has 44 heavy (non-hydrogen) atoms. The van der Waals surface area contributed by atoms with Crippen molar-refractivity contribution in [2.75, 3.05) is 54.0 Å². The van der Waals surface area contributed by atoms with Gasteiger partial charge in [0.1, 0.15) is 0 Å². The maximum absolute atomic E-state index is 13.3. The van der Waals surface area contributed by atoms with Gasteiger partial charge in [-0.1, -0.05) is 19.9 Å². The Morgan fingerprint density at radius 2 is 1.68 bits per heavy atom. The number of carbonyl (C=O) groups excluding carboxylic acids is 2. The van der Waals surface area contributed by atoms with E-state index in [1.807, 2.05) is 42.8 Å². The second-order valence-corrected chi connectivity index (χ2v) is 13.2. The number of aromatic nitrogens is 1. The maximum Gasteiger partial charge on any atom is 0.236 e. The van der Waals surface area contributed by atoms with Gasteiger partial charge < -0.3 is 24.3 Å². The second-order valence-electron chi connectivity index (χ2n) is 13.2. The first-order valence-electron chi connectivity index (χ1n) is 16.3. The topological polar surface area (TPSA) is 78.1 Å². The number of H-pyrrole nitrogens is 1. The smallest absolute Gasteiger partial charge is 0.236 e. The number of nitrogens with zero attached hydrogens (tertiary/aromatic N) is 3. The molecule has 0 radical (unpaired) electrons. The van der Waals surface area contributed by atoms with Gasteiger partial charge in [0.2, 0.25) is 11.8 Å². The summed E-state index contributed by atoms with van der Waals surface area (Å²) in [6.07, 6.45) is 3.79. The van der Waals surface area contributed by atoms with E-state index in [2.05, 4.69) is 48.0 Å². The van der Waals surface area contributed by atoms with E-state index in [1.54, 1.807) is 14.2 Å². The molecule has 2 saturated heterocycles. The van der Waals surface area contributed by atoms with Gasteiger partial charge in [-0.25, -0.2) is 0 Å². The van der Waals surface area contributed by atoms with E-state index in [-0.39, 0.29) is 23.8 Å². The van der Waals surface area contributed by atoms with Gasteiger partial charge in [-0.3, -0.25) is 14.5 Å². The van der Waals surface area contributed by atoms with E-state index in [4.69, 9.17) is 9.47 Å². The number of nitrogens with one attached hydrogen (secondary N) is 1. The first-order chi connectivity index (χ1) is 21.1. The van der Waals surface area contributed by atoms with Crippen molar-refractivity contribution in [1.29, 1.82) is 0 Å². The van der Waals surface area contributed by atoms with E-state index in [0.29, 0.717) is 30.7 Å². The van der Waals surface area contributed by atoms with Gasteiger partial charge in [0.25, 0.3) is 0 Å². The van der Waals surface area contributed by atoms with Crippen LogP contribution < -0.4 is 9.47 Å². The zero-order chi connectivity index (χ0) is 31.5. The Bertz CT molecular complexity index is 1470. The third kappa shape index (κ3) is 6.60. The number of ether oxygens (including phenoxy) is 2. The van der Waals surface area contributed by atoms with E-state index in [9.17, 15) is 9.59 Å². The highest BCUT2D eigenvalue weighted by Gasteiger charge is 2.31. The molecule has 3 aromatic rings. The molecule has 8 nitrogen and oxygen atoms in total. The third-order valence-electron chi connectivity index (χ3n) is 9.77. The van der Waals surface area contributed by atoms with E-state index < -0.39 is 0 Å². The van der Waals surface area contributed by atoms with Crippen molar-refractivity contribution >= 4 is 22.7 Å². The summed E-state index contributed by atoms with van der Waals surface area (Å²) in [4.78, 5) is 36.0. The summed E-state index contributed by atoms with van der Waals surface area (Å²) in [5, 5.41) is 1.26. The molecule has 2 amide bonds. The van der Waals surface area contributed by atoms with Crippen LogP contribution in [0.25, 0.3) is 22.2 Å². The summed E-state index contributed by atoms with van der Waals surface area (Å²) in [5.41, 5.74) is 5.97. The van der Waals surface area contributed by atoms with E-state index in [1.165, 1.54) is 16.5 Å². The Morgan fingerprint density at radius 1 is 0.955 bits per heavy atom. The molecule has 1 N–H and O–H groups in total. The van der Waals surface area contributed by atoms with Crippen LogP contribution in [-0.4, -0.2) is 91.5 Å². The van der Waals surface area contributed by atoms with Crippen molar-refractivity contribution in [3.8, 4) is 22.8 Å². The minimum Gasteiger partial charge on any atom is -0.493 e. The standard InChI is InChI=1S/C36H50N4O4/c1-23(2)34-29-19-26(10-12-30(29)37-35(34)27-11-13-31(43-6)32(20-27)44-7)25-14-17-40(18-15-25)33(41)22-39-16-8-9-28(21-39)36(42)38(5)24(3)4/h10-13,19-20,23-25,28,37H,8-9,14-18,21-22H2,1-7H3/t28-/m0/s1. The number of fused-ring (bicyclic) bond motifs is 1. The summed E-state index contributed by atoms with van der Waals surface area (Å²) < 4.78 is 11.0. The molecule has 1 aromatic heterocycles. The van der Waals surface area contributed by atoms with Crippen LogP contribution in [0.4, 0.5) is 0 Å². The second kappa shape index (κ2) is 13.6. The predicted molar refractivity (Wildman–Crippen MR) is 177 cm³/mol. The van der Waals surface area contributed by atoms with Crippen LogP contribution in [0.5, 0.6) is 11.5 Å². The minimum atomic E-state index is -0.0129. The fourth-order valence-corrected chi connectivity index (χ4v) is 7.00. The lowest BCUT2D eigenvalue weighted by atomic mass is 9.87. The third-order valence-corrected chi connectivity index (χ3v) is 9.77. The molecule has 2 aliphatic heterocycles. The normalized spacial score (nSPS) is 18.3.